The highest BCUT2D eigenvalue weighted by atomic mass is 31.3. The molecule has 2 aliphatic rings. The fourth-order valence-corrected chi connectivity index (χ4v) is 7.74. The van der Waals surface area contributed by atoms with Gasteiger partial charge in [0.1, 0.15) is 24.7 Å². The summed E-state index contributed by atoms with van der Waals surface area (Å²) in [6.07, 6.45) is 1.65. The fourth-order valence-electron chi connectivity index (χ4n) is 4.84. The molecular formula is C26H36N4O19P3-3. The highest BCUT2D eigenvalue weighted by molar-refractivity contribution is 7.65. The third kappa shape index (κ3) is 12.6. The molecule has 2 aromatic heterocycles. The van der Waals surface area contributed by atoms with Crippen LogP contribution in [0.3, 0.4) is 0 Å². The van der Waals surface area contributed by atoms with Crippen molar-refractivity contribution >= 4 is 23.5 Å². The van der Waals surface area contributed by atoms with E-state index in [-0.39, 0.29) is 31.3 Å². The lowest BCUT2D eigenvalue weighted by Gasteiger charge is -2.33. The second kappa shape index (κ2) is 18.4. The summed E-state index contributed by atoms with van der Waals surface area (Å²) >= 11 is 0. The highest BCUT2D eigenvalue weighted by Gasteiger charge is 2.39. The van der Waals surface area contributed by atoms with E-state index in [2.05, 4.69) is 36.3 Å². The number of hydrogen-bond donors (Lipinski definition) is 4. The van der Waals surface area contributed by atoms with Gasteiger partial charge < -0.3 is 48.2 Å². The molecule has 0 saturated carbocycles. The monoisotopic (exact) mass is 801 g/mol. The number of aryl methyl sites for hydroxylation is 2. The van der Waals surface area contributed by atoms with Gasteiger partial charge in [-0.25, -0.2) is 18.2 Å². The number of H-pyrrole nitrogens is 2. The summed E-state index contributed by atoms with van der Waals surface area (Å²) < 4.78 is 69.1. The van der Waals surface area contributed by atoms with E-state index >= 15 is 0 Å². The maximum absolute atomic E-state index is 12.1. The Hall–Kier alpha value is -2.95. The standard InChI is InChI=1S/C13H21N2O14P3.C13H18N2O5/c1-3-4-25-9-5-11(15-6-8(2)12(16)14-13(15)17)27-10(9)7-26-31(21,22)29-32(23,24)28-30(18,19)20;1-3-4-19-9-5-11(20-10(9)7-16)15-6-8(2)12(17)14-13(15)18/h3,6,9-11H,1,4-5,7H2,2H3,(H,21,22)(H,23,24)(H,14,16,17)(H2,18,19,20);3,6,9-11,16H,1,4-5,7H2,2H3,(H,14,17,18)/p-3/t2*9?,10-,11-/m11/s1. The van der Waals surface area contributed by atoms with Gasteiger partial charge in [0, 0.05) is 36.4 Å². The summed E-state index contributed by atoms with van der Waals surface area (Å²) in [5, 5.41) is 9.29. The minimum absolute atomic E-state index is 0.00121. The number of nitrogens with zero attached hydrogens (tertiary/aromatic N) is 2. The average Bonchev–Trinajstić information content (AvgIpc) is 3.63. The van der Waals surface area contributed by atoms with Crippen LogP contribution in [0.1, 0.15) is 36.4 Å². The molecule has 4 rings (SSSR count). The molecule has 5 unspecified atom stereocenters. The molecular weight excluding hydrogens is 765 g/mol. The molecule has 0 bridgehead atoms. The summed E-state index contributed by atoms with van der Waals surface area (Å²) in [4.78, 5) is 92.9. The van der Waals surface area contributed by atoms with Crippen LogP contribution in [0.25, 0.3) is 0 Å². The van der Waals surface area contributed by atoms with Crippen molar-refractivity contribution in [2.45, 2.75) is 63.6 Å². The van der Waals surface area contributed by atoms with Gasteiger partial charge in [-0.2, -0.15) is 0 Å². The Morgan fingerprint density at radius 1 is 0.827 bits per heavy atom. The molecule has 23 nitrogen and oxygen atoms in total. The van der Waals surface area contributed by atoms with Crippen LogP contribution in [0.4, 0.5) is 0 Å². The quantitative estimate of drug-likeness (QED) is 0.104. The number of phosphoric ester groups is 1. The van der Waals surface area contributed by atoms with Crippen LogP contribution >= 0.6 is 23.5 Å². The molecule has 26 heteroatoms. The first-order chi connectivity index (χ1) is 24.2. The number of rotatable bonds is 16. The summed E-state index contributed by atoms with van der Waals surface area (Å²) in [5.74, 6) is 0. The summed E-state index contributed by atoms with van der Waals surface area (Å²) in [7, 11) is -17.6. The largest absolute Gasteiger partial charge is 0.756 e. The molecule has 4 N–H and O–H groups in total. The molecule has 0 aliphatic carbocycles. The zero-order valence-corrected chi connectivity index (χ0v) is 30.2. The third-order valence-corrected chi connectivity index (χ3v) is 10.8. The Bertz CT molecular complexity index is 1950. The molecule has 2 aromatic rings. The Morgan fingerprint density at radius 2 is 1.27 bits per heavy atom. The van der Waals surface area contributed by atoms with E-state index in [0.29, 0.717) is 18.6 Å². The van der Waals surface area contributed by atoms with Gasteiger partial charge in [-0.15, -0.1) is 13.2 Å². The maximum atomic E-state index is 12.1. The van der Waals surface area contributed by atoms with E-state index < -0.39 is 83.3 Å². The van der Waals surface area contributed by atoms with Crippen LogP contribution in [0.2, 0.25) is 0 Å². The lowest BCUT2D eigenvalue weighted by molar-refractivity contribution is -0.250. The lowest BCUT2D eigenvalue weighted by Crippen LogP contribution is -2.33. The fraction of sp³-hybridized carbons (Fsp3) is 0.538. The predicted molar refractivity (Wildman–Crippen MR) is 169 cm³/mol. The number of aliphatic hydroxyl groups is 1. The topological polar surface area (TPSA) is 335 Å². The van der Waals surface area contributed by atoms with Gasteiger partial charge in [0.15, 0.2) is 0 Å². The van der Waals surface area contributed by atoms with Gasteiger partial charge >= 0.3 is 11.4 Å². The Kier molecular flexibility index (Phi) is 15.4. The van der Waals surface area contributed by atoms with Gasteiger partial charge in [-0.1, -0.05) is 12.2 Å². The number of phosphoric acid groups is 3. The molecule has 292 valence electrons. The SMILES string of the molecule is C=CCOC1C[C@H](n2cc(C)c(=O)[nH]c2=O)O[C@@H]1CO.C=CCOC1C[C@H](n2cc(C)c(=O)[nH]c2=O)O[C@@H]1COP(=O)([O-])OP(=O)([O-])OP(=O)([O-])O. The molecule has 4 heterocycles. The van der Waals surface area contributed by atoms with Crippen LogP contribution < -0.4 is 37.2 Å². The van der Waals surface area contributed by atoms with Crippen molar-refractivity contribution in [3.63, 3.8) is 0 Å². The second-order valence-corrected chi connectivity index (χ2v) is 15.3. The number of aromatic amines is 2. The predicted octanol–water partition coefficient (Wildman–Crippen LogP) is -2.15. The van der Waals surface area contributed by atoms with Crippen LogP contribution in [-0.2, 0) is 45.8 Å². The molecule has 2 saturated heterocycles. The molecule has 0 radical (unpaired) electrons. The van der Waals surface area contributed by atoms with Crippen molar-refractivity contribution in [1.29, 1.82) is 0 Å². The van der Waals surface area contributed by atoms with Gasteiger partial charge in [-0.05, 0) is 13.8 Å². The lowest BCUT2D eigenvalue weighted by atomic mass is 10.2. The number of nitrogens with one attached hydrogen (secondary N) is 2. The van der Waals surface area contributed by atoms with E-state index in [1.54, 1.807) is 13.0 Å². The molecule has 2 fully saturated rings. The second-order valence-electron chi connectivity index (χ2n) is 11.0. The molecule has 52 heavy (non-hydrogen) atoms. The van der Waals surface area contributed by atoms with Gasteiger partial charge in [0.2, 0.25) is 0 Å². The van der Waals surface area contributed by atoms with E-state index in [1.807, 2.05) is 0 Å². The first-order valence-corrected chi connectivity index (χ1v) is 19.3. The minimum Gasteiger partial charge on any atom is -0.756 e. The summed E-state index contributed by atoms with van der Waals surface area (Å²) in [6.45, 7) is 9.35. The molecule has 0 amide bonds. The van der Waals surface area contributed by atoms with Crippen molar-refractivity contribution in [2.75, 3.05) is 26.4 Å². The van der Waals surface area contributed by atoms with Crippen LogP contribution in [0.15, 0.2) is 56.9 Å². The molecule has 2 aliphatic heterocycles. The van der Waals surface area contributed by atoms with Crippen molar-refractivity contribution < 1.29 is 70.5 Å². The highest BCUT2D eigenvalue weighted by Crippen LogP contribution is 2.61. The Labute approximate surface area is 293 Å². The number of aromatic nitrogens is 4. The first kappa shape index (κ1) is 43.5. The average molecular weight is 802 g/mol. The van der Waals surface area contributed by atoms with Gasteiger partial charge in [-0.3, -0.25) is 42.4 Å². The number of aliphatic hydroxyl groups excluding tert-OH is 1. The zero-order valence-electron chi connectivity index (χ0n) is 27.5. The van der Waals surface area contributed by atoms with E-state index in [1.165, 1.54) is 30.0 Å². The van der Waals surface area contributed by atoms with E-state index in [9.17, 15) is 52.7 Å². The van der Waals surface area contributed by atoms with Crippen molar-refractivity contribution in [3.8, 4) is 0 Å². The van der Waals surface area contributed by atoms with Crippen LogP contribution in [0, 0.1) is 13.8 Å². The number of ether oxygens (including phenoxy) is 4. The van der Waals surface area contributed by atoms with Gasteiger partial charge in [0.25, 0.3) is 34.6 Å². The zero-order chi connectivity index (χ0) is 39.0. The molecule has 0 aromatic carbocycles. The van der Waals surface area contributed by atoms with Crippen LogP contribution in [0.5, 0.6) is 0 Å². The minimum atomic E-state index is -6.05. The van der Waals surface area contributed by atoms with Crippen molar-refractivity contribution in [1.82, 2.24) is 19.1 Å². The third-order valence-electron chi connectivity index (χ3n) is 7.11. The summed E-state index contributed by atoms with van der Waals surface area (Å²) in [5.41, 5.74) is -1.75. The van der Waals surface area contributed by atoms with Crippen molar-refractivity contribution in [2.24, 2.45) is 0 Å². The maximum Gasteiger partial charge on any atom is 0.330 e. The van der Waals surface area contributed by atoms with Crippen LogP contribution in [-0.4, -0.2) is 79.9 Å². The van der Waals surface area contributed by atoms with E-state index in [0.717, 1.165) is 4.57 Å². The molecule has 0 spiro atoms. The van der Waals surface area contributed by atoms with Gasteiger partial charge in [0.05, 0.1) is 38.6 Å². The summed E-state index contributed by atoms with van der Waals surface area (Å²) in [6, 6.07) is 0. The van der Waals surface area contributed by atoms with E-state index in [4.69, 9.17) is 23.8 Å². The Balaban J connectivity index is 0.000000311. The molecule has 9 atom stereocenters. The smallest absolute Gasteiger partial charge is 0.330 e. The Morgan fingerprint density at radius 3 is 1.69 bits per heavy atom. The normalized spacial score (nSPS) is 26.4. The van der Waals surface area contributed by atoms with Crippen molar-refractivity contribution in [3.05, 3.63) is 90.5 Å². The number of hydrogen-bond acceptors (Lipinski definition) is 18. The first-order valence-electron chi connectivity index (χ1n) is 14.9.